The summed E-state index contributed by atoms with van der Waals surface area (Å²) in [4.78, 5) is 25.5. The minimum Gasteiger partial charge on any atom is -0.477 e. The maximum Gasteiger partial charge on any atom is 0.257 e. The molecule has 0 unspecified atom stereocenters. The summed E-state index contributed by atoms with van der Waals surface area (Å²) in [5.74, 6) is 1.85. The molecule has 1 aromatic carbocycles. The predicted octanol–water partition coefficient (Wildman–Crippen LogP) is 2.66. The third-order valence-corrected chi connectivity index (χ3v) is 4.93. The first kappa shape index (κ1) is 19.9. The van der Waals surface area contributed by atoms with Gasteiger partial charge in [-0.2, -0.15) is 5.10 Å². The highest BCUT2D eigenvalue weighted by Crippen LogP contribution is 2.19. The number of anilines is 1. The van der Waals surface area contributed by atoms with Gasteiger partial charge in [0.1, 0.15) is 12.1 Å². The Labute approximate surface area is 176 Å². The Balaban J connectivity index is 1.36. The lowest BCUT2D eigenvalue weighted by molar-refractivity contribution is 0.0746. The molecule has 1 fully saturated rings. The molecule has 1 aliphatic rings. The summed E-state index contributed by atoms with van der Waals surface area (Å²) in [5, 5.41) is 4.33. The number of piperazine rings is 1. The van der Waals surface area contributed by atoms with E-state index in [-0.39, 0.29) is 5.91 Å². The first-order valence-corrected chi connectivity index (χ1v) is 10.2. The number of benzene rings is 1. The van der Waals surface area contributed by atoms with Crippen LogP contribution in [0.1, 0.15) is 24.2 Å². The van der Waals surface area contributed by atoms with Gasteiger partial charge in [-0.1, -0.05) is 32.0 Å². The van der Waals surface area contributed by atoms with Crippen LogP contribution in [-0.2, 0) is 0 Å². The number of rotatable bonds is 6. The lowest BCUT2D eigenvalue weighted by Gasteiger charge is -2.35. The zero-order valence-electron chi connectivity index (χ0n) is 17.3. The summed E-state index contributed by atoms with van der Waals surface area (Å²) >= 11 is 0. The minimum atomic E-state index is 0.000439. The van der Waals surface area contributed by atoms with Crippen molar-refractivity contribution in [2.45, 2.75) is 13.8 Å². The normalized spacial score (nSPS) is 14.2. The third-order valence-electron chi connectivity index (χ3n) is 4.93. The van der Waals surface area contributed by atoms with Crippen LogP contribution in [0.15, 0.2) is 55.1 Å². The fourth-order valence-corrected chi connectivity index (χ4v) is 3.31. The summed E-state index contributed by atoms with van der Waals surface area (Å²) in [6.07, 6.45) is 4.94. The van der Waals surface area contributed by atoms with Gasteiger partial charge in [-0.25, -0.2) is 14.6 Å². The van der Waals surface area contributed by atoms with Crippen LogP contribution >= 0.6 is 0 Å². The van der Waals surface area contributed by atoms with Crippen molar-refractivity contribution in [3.63, 3.8) is 0 Å². The molecule has 2 aromatic heterocycles. The number of hydrogen-bond acceptors (Lipinski definition) is 6. The lowest BCUT2D eigenvalue weighted by Crippen LogP contribution is -2.49. The predicted molar refractivity (Wildman–Crippen MR) is 114 cm³/mol. The highest BCUT2D eigenvalue weighted by Gasteiger charge is 2.24. The first-order chi connectivity index (χ1) is 14.6. The highest BCUT2D eigenvalue weighted by molar-refractivity contribution is 5.94. The molecule has 4 rings (SSSR count). The quantitative estimate of drug-likeness (QED) is 0.626. The zero-order valence-corrected chi connectivity index (χ0v) is 17.3. The van der Waals surface area contributed by atoms with E-state index < -0.39 is 0 Å². The number of ether oxygens (including phenoxy) is 1. The number of carbonyl (C=O) groups excluding carboxylic acids is 1. The largest absolute Gasteiger partial charge is 0.477 e. The molecule has 0 atom stereocenters. The summed E-state index contributed by atoms with van der Waals surface area (Å²) in [6, 6.07) is 11.6. The van der Waals surface area contributed by atoms with E-state index >= 15 is 0 Å². The fourth-order valence-electron chi connectivity index (χ4n) is 3.31. The highest BCUT2D eigenvalue weighted by atomic mass is 16.5. The molecule has 156 valence electrons. The van der Waals surface area contributed by atoms with E-state index in [9.17, 15) is 4.79 Å². The van der Waals surface area contributed by atoms with Gasteiger partial charge in [0.15, 0.2) is 0 Å². The van der Waals surface area contributed by atoms with E-state index in [1.165, 1.54) is 6.33 Å². The molecule has 30 heavy (non-hydrogen) atoms. The Bertz CT molecular complexity index is 980. The van der Waals surface area contributed by atoms with Crippen molar-refractivity contribution in [2.24, 2.45) is 5.92 Å². The van der Waals surface area contributed by atoms with Crippen LogP contribution in [0.2, 0.25) is 0 Å². The van der Waals surface area contributed by atoms with E-state index in [4.69, 9.17) is 4.74 Å². The van der Waals surface area contributed by atoms with Crippen molar-refractivity contribution in [1.82, 2.24) is 24.6 Å². The van der Waals surface area contributed by atoms with E-state index in [1.807, 2.05) is 41.3 Å². The first-order valence-electron chi connectivity index (χ1n) is 10.2. The van der Waals surface area contributed by atoms with Gasteiger partial charge in [0.05, 0.1) is 24.1 Å². The van der Waals surface area contributed by atoms with Gasteiger partial charge in [0.25, 0.3) is 5.91 Å². The zero-order chi connectivity index (χ0) is 20.9. The molecular weight excluding hydrogens is 380 g/mol. The molecule has 0 spiro atoms. The molecule has 1 saturated heterocycles. The second kappa shape index (κ2) is 8.94. The van der Waals surface area contributed by atoms with Crippen LogP contribution in [-0.4, -0.2) is 63.3 Å². The van der Waals surface area contributed by atoms with Crippen LogP contribution in [0, 0.1) is 5.92 Å². The number of carbonyl (C=O) groups is 1. The van der Waals surface area contributed by atoms with Crippen molar-refractivity contribution in [2.75, 3.05) is 37.7 Å². The molecule has 0 radical (unpaired) electrons. The van der Waals surface area contributed by atoms with Gasteiger partial charge in [-0.3, -0.25) is 4.79 Å². The molecule has 1 amide bonds. The Morgan fingerprint density at radius 2 is 1.87 bits per heavy atom. The second-order valence-corrected chi connectivity index (χ2v) is 7.71. The van der Waals surface area contributed by atoms with E-state index in [0.717, 1.165) is 11.5 Å². The SMILES string of the molecule is CC(C)COc1cc(N2CCN(C(=O)c3cnn(-c4ccccc4)c3)CC2)ncn1. The second-order valence-electron chi connectivity index (χ2n) is 7.71. The van der Waals surface area contributed by atoms with Crippen LogP contribution in [0.5, 0.6) is 5.88 Å². The lowest BCUT2D eigenvalue weighted by atomic mass is 10.2. The Morgan fingerprint density at radius 1 is 1.10 bits per heavy atom. The number of aromatic nitrogens is 4. The summed E-state index contributed by atoms with van der Waals surface area (Å²) in [7, 11) is 0. The fraction of sp³-hybridized carbons (Fsp3) is 0.364. The minimum absolute atomic E-state index is 0.000439. The van der Waals surface area contributed by atoms with Gasteiger partial charge in [0.2, 0.25) is 5.88 Å². The molecule has 3 aromatic rings. The number of hydrogen-bond donors (Lipinski definition) is 0. The molecular formula is C22H26N6O2. The van der Waals surface area contributed by atoms with Gasteiger partial charge in [-0.05, 0) is 18.1 Å². The number of nitrogens with zero attached hydrogens (tertiary/aromatic N) is 6. The Morgan fingerprint density at radius 3 is 2.60 bits per heavy atom. The van der Waals surface area contributed by atoms with Gasteiger partial charge >= 0.3 is 0 Å². The average Bonchev–Trinajstić information content (AvgIpc) is 3.28. The van der Waals surface area contributed by atoms with Gasteiger partial charge in [-0.15, -0.1) is 0 Å². The topological polar surface area (TPSA) is 76.4 Å². The molecule has 0 aliphatic carbocycles. The van der Waals surface area contributed by atoms with E-state index in [2.05, 4.69) is 33.8 Å². The third kappa shape index (κ3) is 4.59. The van der Waals surface area contributed by atoms with Crippen molar-refractivity contribution in [3.05, 3.63) is 60.7 Å². The maximum absolute atomic E-state index is 12.9. The van der Waals surface area contributed by atoms with Crippen LogP contribution < -0.4 is 9.64 Å². The summed E-state index contributed by atoms with van der Waals surface area (Å²) in [5.41, 5.74) is 1.53. The molecule has 3 heterocycles. The van der Waals surface area contributed by atoms with E-state index in [1.54, 1.807) is 17.1 Å². The van der Waals surface area contributed by atoms with Crippen LogP contribution in [0.3, 0.4) is 0 Å². The molecule has 8 nitrogen and oxygen atoms in total. The monoisotopic (exact) mass is 406 g/mol. The van der Waals surface area contributed by atoms with Crippen molar-refractivity contribution >= 4 is 11.7 Å². The summed E-state index contributed by atoms with van der Waals surface area (Å²) in [6.45, 7) is 7.49. The van der Waals surface area contributed by atoms with Gasteiger partial charge in [0, 0.05) is 38.4 Å². The Hall–Kier alpha value is -3.42. The molecule has 8 heteroatoms. The Kier molecular flexibility index (Phi) is 5.92. The van der Waals surface area contributed by atoms with Crippen LogP contribution in [0.4, 0.5) is 5.82 Å². The van der Waals surface area contributed by atoms with Crippen molar-refractivity contribution < 1.29 is 9.53 Å². The average molecular weight is 406 g/mol. The van der Waals surface area contributed by atoms with Crippen molar-refractivity contribution in [3.8, 4) is 11.6 Å². The van der Waals surface area contributed by atoms with Crippen molar-refractivity contribution in [1.29, 1.82) is 0 Å². The molecule has 0 bridgehead atoms. The molecule has 0 N–H and O–H groups in total. The smallest absolute Gasteiger partial charge is 0.257 e. The maximum atomic E-state index is 12.9. The molecule has 1 aliphatic heterocycles. The van der Waals surface area contributed by atoms with Gasteiger partial charge < -0.3 is 14.5 Å². The van der Waals surface area contributed by atoms with Crippen LogP contribution in [0.25, 0.3) is 5.69 Å². The molecule has 0 saturated carbocycles. The van der Waals surface area contributed by atoms with E-state index in [0.29, 0.717) is 50.1 Å². The standard InChI is InChI=1S/C22H26N6O2/c1-17(2)15-30-21-12-20(23-16-24-21)26-8-10-27(11-9-26)22(29)18-13-25-28(14-18)19-6-4-3-5-7-19/h3-7,12-14,16-17H,8-11,15H2,1-2H3. The summed E-state index contributed by atoms with van der Waals surface area (Å²) < 4.78 is 7.43. The number of amides is 1. The number of para-hydroxylation sites is 1.